The molecule has 0 radical (unpaired) electrons. The van der Waals surface area contributed by atoms with E-state index in [-0.39, 0.29) is 25.0 Å². The summed E-state index contributed by atoms with van der Waals surface area (Å²) in [5, 5.41) is 2.88. The van der Waals surface area contributed by atoms with Gasteiger partial charge >= 0.3 is 0 Å². The summed E-state index contributed by atoms with van der Waals surface area (Å²) in [5.74, 6) is -0.355. The fourth-order valence-corrected chi connectivity index (χ4v) is 3.65. The lowest BCUT2D eigenvalue weighted by Gasteiger charge is -2.42. The molecule has 1 fully saturated rings. The molecule has 7 nitrogen and oxygen atoms in total. The van der Waals surface area contributed by atoms with Gasteiger partial charge in [0, 0.05) is 39.0 Å². The van der Waals surface area contributed by atoms with Crippen molar-refractivity contribution in [3.8, 4) is 11.1 Å². The van der Waals surface area contributed by atoms with Gasteiger partial charge in [-0.2, -0.15) is 0 Å². The first-order valence-corrected chi connectivity index (χ1v) is 9.77. The maximum absolute atomic E-state index is 13.1. The molecule has 0 aliphatic carbocycles. The molecular weight excluding hydrogens is 370 g/mol. The van der Waals surface area contributed by atoms with E-state index >= 15 is 0 Å². The Morgan fingerprint density at radius 2 is 2.00 bits per heavy atom. The molecule has 0 bridgehead atoms. The molecule has 2 aromatic rings. The van der Waals surface area contributed by atoms with Crippen LogP contribution in [0.2, 0.25) is 0 Å². The largest absolute Gasteiger partial charge is 0.375 e. The Morgan fingerprint density at radius 1 is 1.24 bits per heavy atom. The standard InChI is InChI=1S/C22H27N3O4/c1-3-24-21(27)22(16-25(12-13-29-22)20(26)15-28-2)14-18-6-4-5-7-19(18)17-8-10-23-11-9-17/h4-11H,3,12-16H2,1-2H3,(H,24,27). The normalized spacial score (nSPS) is 19.0. The van der Waals surface area contributed by atoms with Gasteiger partial charge in [-0.15, -0.1) is 0 Å². The van der Waals surface area contributed by atoms with Crippen LogP contribution in [0, 0.1) is 0 Å². The minimum Gasteiger partial charge on any atom is -0.375 e. The van der Waals surface area contributed by atoms with Gasteiger partial charge in [0.15, 0.2) is 5.60 Å². The van der Waals surface area contributed by atoms with Crippen molar-refractivity contribution in [3.63, 3.8) is 0 Å². The summed E-state index contributed by atoms with van der Waals surface area (Å²) >= 11 is 0. The smallest absolute Gasteiger partial charge is 0.254 e. The van der Waals surface area contributed by atoms with Gasteiger partial charge in [0.1, 0.15) is 6.61 Å². The number of hydrogen-bond donors (Lipinski definition) is 1. The van der Waals surface area contributed by atoms with Gasteiger partial charge in [-0.3, -0.25) is 14.6 Å². The number of amides is 2. The average Bonchev–Trinajstić information content (AvgIpc) is 2.75. The molecule has 1 unspecified atom stereocenters. The van der Waals surface area contributed by atoms with Crippen molar-refractivity contribution in [1.82, 2.24) is 15.2 Å². The van der Waals surface area contributed by atoms with E-state index in [1.54, 1.807) is 17.3 Å². The molecular formula is C22H27N3O4. The quantitative estimate of drug-likeness (QED) is 0.769. The van der Waals surface area contributed by atoms with Gasteiger partial charge in [-0.1, -0.05) is 24.3 Å². The maximum Gasteiger partial charge on any atom is 0.254 e. The number of methoxy groups -OCH3 is 1. The highest BCUT2D eigenvalue weighted by atomic mass is 16.5. The van der Waals surface area contributed by atoms with Crippen molar-refractivity contribution < 1.29 is 19.1 Å². The van der Waals surface area contributed by atoms with E-state index in [2.05, 4.69) is 10.3 Å². The minimum absolute atomic E-state index is 0.0148. The summed E-state index contributed by atoms with van der Waals surface area (Å²) < 4.78 is 11.1. The molecule has 1 aliphatic heterocycles. The lowest BCUT2D eigenvalue weighted by molar-refractivity contribution is -0.167. The predicted molar refractivity (Wildman–Crippen MR) is 109 cm³/mol. The second-order valence-electron chi connectivity index (χ2n) is 7.02. The summed E-state index contributed by atoms with van der Waals surface area (Å²) in [6.07, 6.45) is 3.84. The molecule has 154 valence electrons. The van der Waals surface area contributed by atoms with E-state index < -0.39 is 5.60 Å². The van der Waals surface area contributed by atoms with Crippen molar-refractivity contribution >= 4 is 11.8 Å². The summed E-state index contributed by atoms with van der Waals surface area (Å²) in [6, 6.07) is 11.8. The van der Waals surface area contributed by atoms with Crippen molar-refractivity contribution in [1.29, 1.82) is 0 Å². The van der Waals surface area contributed by atoms with Gasteiger partial charge in [0.25, 0.3) is 5.91 Å². The molecule has 1 saturated heterocycles. The number of benzene rings is 1. The van der Waals surface area contributed by atoms with Crippen LogP contribution in [0.25, 0.3) is 11.1 Å². The van der Waals surface area contributed by atoms with Crippen LogP contribution in [0.5, 0.6) is 0 Å². The van der Waals surface area contributed by atoms with Crippen molar-refractivity contribution in [3.05, 3.63) is 54.4 Å². The van der Waals surface area contributed by atoms with Crippen molar-refractivity contribution in [2.75, 3.05) is 40.0 Å². The number of hydrogen-bond acceptors (Lipinski definition) is 5. The zero-order chi connectivity index (χ0) is 20.7. The number of carbonyl (C=O) groups excluding carboxylic acids is 2. The van der Waals surface area contributed by atoms with Crippen LogP contribution in [-0.2, 0) is 25.5 Å². The van der Waals surface area contributed by atoms with Crippen LogP contribution in [0.4, 0.5) is 0 Å². The van der Waals surface area contributed by atoms with Gasteiger partial charge < -0.3 is 19.7 Å². The third-order valence-corrected chi connectivity index (χ3v) is 5.04. The molecule has 3 rings (SSSR count). The first-order chi connectivity index (χ1) is 14.1. The molecule has 1 N–H and O–H groups in total. The van der Waals surface area contributed by atoms with Crippen LogP contribution < -0.4 is 5.32 Å². The third kappa shape index (κ3) is 4.81. The zero-order valence-electron chi connectivity index (χ0n) is 16.9. The Bertz CT molecular complexity index is 843. The Morgan fingerprint density at radius 3 is 2.72 bits per heavy atom. The molecule has 2 heterocycles. The van der Waals surface area contributed by atoms with E-state index in [1.807, 2.05) is 43.3 Å². The molecule has 1 aliphatic rings. The van der Waals surface area contributed by atoms with E-state index in [1.165, 1.54) is 7.11 Å². The Kier molecular flexibility index (Phi) is 6.95. The summed E-state index contributed by atoms with van der Waals surface area (Å²) in [4.78, 5) is 31.2. The van der Waals surface area contributed by atoms with Crippen LogP contribution in [0.3, 0.4) is 0 Å². The lowest BCUT2D eigenvalue weighted by Crippen LogP contribution is -2.62. The summed E-state index contributed by atoms with van der Waals surface area (Å²) in [7, 11) is 1.49. The van der Waals surface area contributed by atoms with Crippen molar-refractivity contribution in [2.45, 2.75) is 18.9 Å². The molecule has 29 heavy (non-hydrogen) atoms. The van der Waals surface area contributed by atoms with E-state index in [0.717, 1.165) is 16.7 Å². The zero-order valence-corrected chi connectivity index (χ0v) is 16.9. The highest BCUT2D eigenvalue weighted by Gasteiger charge is 2.45. The number of carbonyl (C=O) groups is 2. The van der Waals surface area contributed by atoms with E-state index in [0.29, 0.717) is 26.1 Å². The topological polar surface area (TPSA) is 80.8 Å². The molecule has 0 saturated carbocycles. The minimum atomic E-state index is -1.15. The van der Waals surface area contributed by atoms with Crippen LogP contribution in [-0.4, -0.2) is 67.3 Å². The van der Waals surface area contributed by atoms with Crippen molar-refractivity contribution in [2.24, 2.45) is 0 Å². The average molecular weight is 397 g/mol. The maximum atomic E-state index is 13.1. The monoisotopic (exact) mass is 397 g/mol. The van der Waals surface area contributed by atoms with Crippen LogP contribution in [0.15, 0.2) is 48.8 Å². The fourth-order valence-electron chi connectivity index (χ4n) is 3.65. The van der Waals surface area contributed by atoms with E-state index in [9.17, 15) is 9.59 Å². The molecule has 1 aromatic carbocycles. The van der Waals surface area contributed by atoms with Gasteiger partial charge in [-0.25, -0.2) is 0 Å². The van der Waals surface area contributed by atoms with E-state index in [4.69, 9.17) is 9.47 Å². The van der Waals surface area contributed by atoms with Gasteiger partial charge in [-0.05, 0) is 35.7 Å². The fraction of sp³-hybridized carbons (Fsp3) is 0.409. The number of pyridine rings is 1. The van der Waals surface area contributed by atoms with Gasteiger partial charge in [0.05, 0.1) is 13.2 Å². The first kappa shape index (κ1) is 21.0. The number of aromatic nitrogens is 1. The number of nitrogens with zero attached hydrogens (tertiary/aromatic N) is 2. The highest BCUT2D eigenvalue weighted by molar-refractivity contribution is 5.88. The molecule has 2 amide bonds. The summed E-state index contributed by atoms with van der Waals surface area (Å²) in [5.41, 5.74) is 1.86. The number of ether oxygens (including phenoxy) is 2. The highest BCUT2D eigenvalue weighted by Crippen LogP contribution is 2.30. The number of morpholine rings is 1. The molecule has 0 spiro atoms. The lowest BCUT2D eigenvalue weighted by atomic mass is 9.87. The predicted octanol–water partition coefficient (Wildman–Crippen LogP) is 1.67. The number of likely N-dealkylation sites (N-methyl/N-ethyl adjacent to an activating group) is 1. The molecule has 1 atom stereocenters. The second-order valence-corrected chi connectivity index (χ2v) is 7.02. The van der Waals surface area contributed by atoms with Crippen LogP contribution >= 0.6 is 0 Å². The summed E-state index contributed by atoms with van der Waals surface area (Å²) in [6.45, 7) is 3.26. The Balaban J connectivity index is 1.95. The number of nitrogens with one attached hydrogen (secondary N) is 1. The van der Waals surface area contributed by atoms with Crippen LogP contribution in [0.1, 0.15) is 12.5 Å². The first-order valence-electron chi connectivity index (χ1n) is 9.77. The second kappa shape index (κ2) is 9.62. The van der Waals surface area contributed by atoms with Gasteiger partial charge in [0.2, 0.25) is 5.91 Å². The molecule has 7 heteroatoms. The molecule has 1 aromatic heterocycles. The Hall–Kier alpha value is -2.77. The number of rotatable bonds is 7. The SMILES string of the molecule is CCNC(=O)C1(Cc2ccccc2-c2ccncc2)CN(C(=O)COC)CCO1. The third-order valence-electron chi connectivity index (χ3n) is 5.04. The Labute approximate surface area is 171 Å².